The minimum absolute atomic E-state index is 0.643. The van der Waals surface area contributed by atoms with Crippen molar-refractivity contribution in [1.82, 2.24) is 0 Å². The molecule has 1 nitrogen and oxygen atoms in total. The van der Waals surface area contributed by atoms with Crippen LogP contribution >= 0.6 is 27.5 Å². The van der Waals surface area contributed by atoms with E-state index in [0.717, 1.165) is 16.6 Å². The summed E-state index contributed by atoms with van der Waals surface area (Å²) in [5.74, 6) is 0.811. The Bertz CT molecular complexity index is 299. The third kappa shape index (κ3) is 3.41. The molecule has 0 unspecified atom stereocenters. The topological polar surface area (TPSA) is 9.23 Å². The first kappa shape index (κ1) is 10.6. The maximum atomic E-state index is 5.78. The molecule has 0 fully saturated rings. The van der Waals surface area contributed by atoms with Gasteiger partial charge >= 0.3 is 0 Å². The second-order valence-corrected chi connectivity index (χ2v) is 3.79. The van der Waals surface area contributed by atoms with Crippen LogP contribution in [0.2, 0.25) is 5.02 Å². The van der Waals surface area contributed by atoms with Gasteiger partial charge in [-0.3, -0.25) is 0 Å². The average molecular weight is 262 g/mol. The van der Waals surface area contributed by atoms with Crippen LogP contribution in [0.25, 0.3) is 0 Å². The molecule has 1 rings (SSSR count). The maximum Gasteiger partial charge on any atom is 0.133 e. The van der Waals surface area contributed by atoms with Crippen molar-refractivity contribution in [2.24, 2.45) is 0 Å². The predicted octanol–water partition coefficient (Wildman–Crippen LogP) is 4.06. The number of hydrogen-bond acceptors (Lipinski definition) is 1. The highest BCUT2D eigenvalue weighted by atomic mass is 79.9. The molecular formula is C10H10BrClO. The molecule has 0 atom stereocenters. The lowest BCUT2D eigenvalue weighted by Gasteiger charge is -2.06. The number of ether oxygens (including phenoxy) is 1. The largest absolute Gasteiger partial charge is 0.492 e. The van der Waals surface area contributed by atoms with Crippen LogP contribution in [0, 0.1) is 0 Å². The van der Waals surface area contributed by atoms with Crippen molar-refractivity contribution in [2.45, 2.75) is 6.42 Å². The van der Waals surface area contributed by atoms with Crippen molar-refractivity contribution in [1.29, 1.82) is 0 Å². The third-order valence-corrected chi connectivity index (χ3v) is 2.33. The predicted molar refractivity (Wildman–Crippen MR) is 59.5 cm³/mol. The molecule has 70 valence electrons. The second kappa shape index (κ2) is 5.30. The Hall–Kier alpha value is -0.470. The van der Waals surface area contributed by atoms with Crippen LogP contribution < -0.4 is 4.74 Å². The molecule has 0 spiro atoms. The zero-order valence-corrected chi connectivity index (χ0v) is 9.44. The van der Waals surface area contributed by atoms with Gasteiger partial charge in [0.1, 0.15) is 5.75 Å². The standard InChI is InChI=1S/C10H10BrClO/c1-2-3-6-13-10-5-4-8(12)7-9(10)11/h2,4-5,7H,1,3,6H2. The van der Waals surface area contributed by atoms with Gasteiger partial charge in [-0.15, -0.1) is 6.58 Å². The molecule has 0 bridgehead atoms. The number of rotatable bonds is 4. The zero-order valence-electron chi connectivity index (χ0n) is 7.09. The van der Waals surface area contributed by atoms with E-state index in [1.165, 1.54) is 0 Å². The van der Waals surface area contributed by atoms with E-state index in [2.05, 4.69) is 22.5 Å². The minimum atomic E-state index is 0.643. The molecule has 0 radical (unpaired) electrons. The quantitative estimate of drug-likeness (QED) is 0.587. The van der Waals surface area contributed by atoms with Gasteiger partial charge in [0, 0.05) is 5.02 Å². The van der Waals surface area contributed by atoms with Gasteiger partial charge in [0.15, 0.2) is 0 Å². The fourth-order valence-electron chi connectivity index (χ4n) is 0.844. The highest BCUT2D eigenvalue weighted by Gasteiger charge is 2.00. The Kier molecular flexibility index (Phi) is 4.33. The van der Waals surface area contributed by atoms with Crippen molar-refractivity contribution in [3.63, 3.8) is 0 Å². The van der Waals surface area contributed by atoms with E-state index in [-0.39, 0.29) is 0 Å². The molecule has 1 aromatic rings. The molecule has 0 aliphatic carbocycles. The zero-order chi connectivity index (χ0) is 9.68. The summed E-state index contributed by atoms with van der Waals surface area (Å²) < 4.78 is 6.33. The van der Waals surface area contributed by atoms with Gasteiger partial charge in [-0.2, -0.15) is 0 Å². The Balaban J connectivity index is 2.61. The second-order valence-electron chi connectivity index (χ2n) is 2.50. The van der Waals surface area contributed by atoms with E-state index in [4.69, 9.17) is 16.3 Å². The summed E-state index contributed by atoms with van der Waals surface area (Å²) in [5.41, 5.74) is 0. The summed E-state index contributed by atoms with van der Waals surface area (Å²) in [6, 6.07) is 5.45. The van der Waals surface area contributed by atoms with Crippen molar-refractivity contribution < 1.29 is 4.74 Å². The van der Waals surface area contributed by atoms with Crippen LogP contribution in [-0.2, 0) is 0 Å². The summed E-state index contributed by atoms with van der Waals surface area (Å²) >= 11 is 9.14. The van der Waals surface area contributed by atoms with Crippen molar-refractivity contribution in [3.05, 3.63) is 40.3 Å². The molecule has 1 aromatic carbocycles. The highest BCUT2D eigenvalue weighted by molar-refractivity contribution is 9.10. The van der Waals surface area contributed by atoms with Crippen LogP contribution in [0.3, 0.4) is 0 Å². The molecule has 0 aliphatic rings. The van der Waals surface area contributed by atoms with Gasteiger partial charge in [-0.25, -0.2) is 0 Å². The van der Waals surface area contributed by atoms with Gasteiger partial charge in [-0.1, -0.05) is 17.7 Å². The summed E-state index contributed by atoms with van der Waals surface area (Å²) in [5, 5.41) is 0.697. The fraction of sp³-hybridized carbons (Fsp3) is 0.200. The average Bonchev–Trinajstić information content (AvgIpc) is 2.09. The Morgan fingerprint density at radius 3 is 2.92 bits per heavy atom. The van der Waals surface area contributed by atoms with Crippen LogP contribution in [0.5, 0.6) is 5.75 Å². The van der Waals surface area contributed by atoms with Gasteiger partial charge in [0.2, 0.25) is 0 Å². The molecule has 0 aliphatic heterocycles. The van der Waals surface area contributed by atoms with E-state index < -0.39 is 0 Å². The lowest BCUT2D eigenvalue weighted by molar-refractivity contribution is 0.323. The molecule has 0 heterocycles. The summed E-state index contributed by atoms with van der Waals surface area (Å²) in [4.78, 5) is 0. The van der Waals surface area contributed by atoms with Gasteiger partial charge in [0.05, 0.1) is 11.1 Å². The first-order valence-electron chi connectivity index (χ1n) is 3.93. The third-order valence-electron chi connectivity index (χ3n) is 1.47. The van der Waals surface area contributed by atoms with Crippen LogP contribution in [0.1, 0.15) is 6.42 Å². The first-order chi connectivity index (χ1) is 6.24. The van der Waals surface area contributed by atoms with Crippen molar-refractivity contribution in [2.75, 3.05) is 6.61 Å². The SMILES string of the molecule is C=CCCOc1ccc(Cl)cc1Br. The van der Waals surface area contributed by atoms with Crippen LogP contribution in [0.15, 0.2) is 35.3 Å². The first-order valence-corrected chi connectivity index (χ1v) is 5.10. The van der Waals surface area contributed by atoms with Crippen LogP contribution in [0.4, 0.5) is 0 Å². The van der Waals surface area contributed by atoms with E-state index in [1.807, 2.05) is 18.2 Å². The summed E-state index contributed by atoms with van der Waals surface area (Å²) in [7, 11) is 0. The van der Waals surface area contributed by atoms with Crippen LogP contribution in [-0.4, -0.2) is 6.61 Å². The number of hydrogen-bond donors (Lipinski definition) is 0. The normalized spacial score (nSPS) is 9.69. The van der Waals surface area contributed by atoms with E-state index >= 15 is 0 Å². The van der Waals surface area contributed by atoms with E-state index in [9.17, 15) is 0 Å². The molecule has 0 aromatic heterocycles. The molecule has 0 saturated carbocycles. The van der Waals surface area contributed by atoms with Gasteiger partial charge < -0.3 is 4.74 Å². The Morgan fingerprint density at radius 1 is 1.54 bits per heavy atom. The lowest BCUT2D eigenvalue weighted by atomic mass is 10.3. The number of benzene rings is 1. The molecular weight excluding hydrogens is 251 g/mol. The molecule has 3 heteroatoms. The van der Waals surface area contributed by atoms with E-state index in [0.29, 0.717) is 11.6 Å². The molecule has 0 N–H and O–H groups in total. The molecule has 13 heavy (non-hydrogen) atoms. The Labute approximate surface area is 91.5 Å². The lowest BCUT2D eigenvalue weighted by Crippen LogP contribution is -1.95. The monoisotopic (exact) mass is 260 g/mol. The highest BCUT2D eigenvalue weighted by Crippen LogP contribution is 2.27. The smallest absolute Gasteiger partial charge is 0.133 e. The molecule has 0 saturated heterocycles. The van der Waals surface area contributed by atoms with Crippen molar-refractivity contribution >= 4 is 27.5 Å². The van der Waals surface area contributed by atoms with E-state index in [1.54, 1.807) is 6.07 Å². The fourth-order valence-corrected chi connectivity index (χ4v) is 1.64. The summed E-state index contributed by atoms with van der Waals surface area (Å²) in [6.07, 6.45) is 2.67. The maximum absolute atomic E-state index is 5.78. The van der Waals surface area contributed by atoms with Crippen molar-refractivity contribution in [3.8, 4) is 5.75 Å². The van der Waals surface area contributed by atoms with Gasteiger partial charge in [-0.05, 0) is 40.5 Å². The molecule has 0 amide bonds. The number of halogens is 2. The van der Waals surface area contributed by atoms with Gasteiger partial charge in [0.25, 0.3) is 0 Å². The minimum Gasteiger partial charge on any atom is -0.492 e. The Morgan fingerprint density at radius 2 is 2.31 bits per heavy atom. The summed E-state index contributed by atoms with van der Waals surface area (Å²) in [6.45, 7) is 4.26.